The minimum Gasteiger partial charge on any atom is -0.496 e. The number of para-hydroxylation sites is 2. The lowest BCUT2D eigenvalue weighted by molar-refractivity contribution is -0.130. The zero-order valence-corrected chi connectivity index (χ0v) is 15.9. The highest BCUT2D eigenvalue weighted by Gasteiger charge is 2.23. The Balaban J connectivity index is 2.32. The van der Waals surface area contributed by atoms with Crippen molar-refractivity contribution in [1.82, 2.24) is 0 Å². The van der Waals surface area contributed by atoms with Crippen LogP contribution in [0, 0.1) is 0 Å². The third-order valence-electron chi connectivity index (χ3n) is 4.55. The normalized spacial score (nSPS) is 11.5. The van der Waals surface area contributed by atoms with Crippen molar-refractivity contribution < 1.29 is 19.4 Å². The van der Waals surface area contributed by atoms with Crippen LogP contribution in [0.5, 0.6) is 11.5 Å². The van der Waals surface area contributed by atoms with Crippen molar-refractivity contribution in [3.63, 3.8) is 0 Å². The zero-order chi connectivity index (χ0) is 19.9. The fraction of sp³-hybridized carbons (Fsp3) is 0.125. The summed E-state index contributed by atoms with van der Waals surface area (Å²) in [6.07, 6.45) is 0.445. The molecule has 0 spiro atoms. The van der Waals surface area contributed by atoms with Gasteiger partial charge in [0.2, 0.25) is 0 Å². The van der Waals surface area contributed by atoms with Gasteiger partial charge in [0.1, 0.15) is 11.5 Å². The lowest BCUT2D eigenvalue weighted by atomic mass is 9.89. The quantitative estimate of drug-likeness (QED) is 0.470. The van der Waals surface area contributed by atoms with Gasteiger partial charge in [0.15, 0.2) is 0 Å². The zero-order valence-electron chi connectivity index (χ0n) is 15.9. The second-order valence-electron chi connectivity index (χ2n) is 6.22. The van der Waals surface area contributed by atoms with E-state index >= 15 is 0 Å². The summed E-state index contributed by atoms with van der Waals surface area (Å²) < 4.78 is 11.0. The van der Waals surface area contributed by atoms with E-state index in [2.05, 4.69) is 0 Å². The number of aliphatic carboxylic acids is 1. The van der Waals surface area contributed by atoms with Crippen LogP contribution in [-0.2, 0) is 11.2 Å². The van der Waals surface area contributed by atoms with Gasteiger partial charge in [0, 0.05) is 11.1 Å². The Labute approximate surface area is 164 Å². The number of methoxy groups -OCH3 is 2. The van der Waals surface area contributed by atoms with Crippen LogP contribution in [-0.4, -0.2) is 25.3 Å². The molecule has 3 aromatic carbocycles. The molecule has 1 N–H and O–H groups in total. The molecule has 4 nitrogen and oxygen atoms in total. The number of hydrogen-bond acceptors (Lipinski definition) is 3. The highest BCUT2D eigenvalue weighted by molar-refractivity contribution is 6.24. The van der Waals surface area contributed by atoms with Crippen LogP contribution < -0.4 is 9.47 Å². The predicted molar refractivity (Wildman–Crippen MR) is 111 cm³/mol. The molecule has 4 heteroatoms. The van der Waals surface area contributed by atoms with Gasteiger partial charge < -0.3 is 14.6 Å². The Bertz CT molecular complexity index is 990. The minimum atomic E-state index is -1.01. The molecule has 0 unspecified atom stereocenters. The third-order valence-corrected chi connectivity index (χ3v) is 4.55. The summed E-state index contributed by atoms with van der Waals surface area (Å²) in [5.74, 6) is 0.128. The van der Waals surface area contributed by atoms with Gasteiger partial charge in [-0.2, -0.15) is 0 Å². The molecule has 0 saturated carbocycles. The first kappa shape index (κ1) is 19.2. The number of carbonyl (C=O) groups is 1. The molecular formula is C24H22O4. The van der Waals surface area contributed by atoms with E-state index in [1.807, 2.05) is 66.7 Å². The number of rotatable bonds is 7. The van der Waals surface area contributed by atoms with Crippen molar-refractivity contribution in [2.45, 2.75) is 6.42 Å². The summed E-state index contributed by atoms with van der Waals surface area (Å²) in [5.41, 5.74) is 3.16. The minimum absolute atomic E-state index is 0.200. The second-order valence-corrected chi connectivity index (χ2v) is 6.22. The van der Waals surface area contributed by atoms with Crippen molar-refractivity contribution in [2.75, 3.05) is 14.2 Å². The first-order valence-corrected chi connectivity index (χ1v) is 8.92. The summed E-state index contributed by atoms with van der Waals surface area (Å²) in [6.45, 7) is 0. The lowest BCUT2D eigenvalue weighted by Crippen LogP contribution is -2.08. The molecule has 0 bridgehead atoms. The first-order valence-electron chi connectivity index (χ1n) is 8.92. The summed E-state index contributed by atoms with van der Waals surface area (Å²) in [7, 11) is 3.13. The van der Waals surface area contributed by atoms with Gasteiger partial charge in [0.05, 0.1) is 19.8 Å². The average Bonchev–Trinajstić information content (AvgIpc) is 2.74. The first-order chi connectivity index (χ1) is 13.7. The summed E-state index contributed by atoms with van der Waals surface area (Å²) in [4.78, 5) is 12.4. The molecule has 3 aromatic rings. The molecule has 0 aromatic heterocycles. The maximum atomic E-state index is 12.4. The highest BCUT2D eigenvalue weighted by atomic mass is 16.5. The molecule has 3 rings (SSSR count). The van der Waals surface area contributed by atoms with E-state index in [4.69, 9.17) is 9.47 Å². The molecule has 0 aliphatic rings. The fourth-order valence-electron chi connectivity index (χ4n) is 3.27. The number of allylic oxidation sites excluding steroid dienone is 1. The molecule has 0 heterocycles. The summed E-state index contributed by atoms with van der Waals surface area (Å²) in [5, 5.41) is 10.2. The van der Waals surface area contributed by atoms with E-state index in [0.29, 0.717) is 29.1 Å². The molecule has 0 fully saturated rings. The van der Waals surface area contributed by atoms with E-state index in [1.54, 1.807) is 19.2 Å². The summed E-state index contributed by atoms with van der Waals surface area (Å²) in [6, 6.07) is 24.4. The Hall–Kier alpha value is -3.53. The maximum absolute atomic E-state index is 12.4. The van der Waals surface area contributed by atoms with Crippen LogP contribution in [0.1, 0.15) is 16.7 Å². The number of hydrogen-bond donors (Lipinski definition) is 1. The fourth-order valence-corrected chi connectivity index (χ4v) is 3.27. The number of carboxylic acids is 1. The van der Waals surface area contributed by atoms with E-state index in [0.717, 1.165) is 11.1 Å². The second kappa shape index (κ2) is 8.91. The Morgan fingerprint density at radius 2 is 1.25 bits per heavy atom. The molecule has 0 radical (unpaired) electrons. The Morgan fingerprint density at radius 3 is 1.82 bits per heavy atom. The molecule has 0 saturated heterocycles. The van der Waals surface area contributed by atoms with Gasteiger partial charge in [-0.3, -0.25) is 0 Å². The molecule has 28 heavy (non-hydrogen) atoms. The monoisotopic (exact) mass is 374 g/mol. The number of carboxylic acid groups (broad SMARTS) is 1. The number of benzene rings is 3. The average molecular weight is 374 g/mol. The van der Waals surface area contributed by atoms with Crippen molar-refractivity contribution >= 4 is 17.1 Å². The van der Waals surface area contributed by atoms with Crippen LogP contribution in [0.4, 0.5) is 0 Å². The lowest BCUT2D eigenvalue weighted by Gasteiger charge is -2.18. The van der Waals surface area contributed by atoms with Crippen molar-refractivity contribution in [3.8, 4) is 11.5 Å². The molecule has 0 aliphatic carbocycles. The van der Waals surface area contributed by atoms with Crippen molar-refractivity contribution in [2.24, 2.45) is 0 Å². The van der Waals surface area contributed by atoms with Crippen LogP contribution in [0.25, 0.3) is 11.1 Å². The molecule has 142 valence electrons. The van der Waals surface area contributed by atoms with Crippen LogP contribution >= 0.6 is 0 Å². The van der Waals surface area contributed by atoms with E-state index in [9.17, 15) is 9.90 Å². The number of ether oxygens (including phenoxy) is 2. The maximum Gasteiger partial charge on any atom is 0.336 e. The van der Waals surface area contributed by atoms with Gasteiger partial charge >= 0.3 is 5.97 Å². The van der Waals surface area contributed by atoms with Crippen LogP contribution in [0.2, 0.25) is 0 Å². The van der Waals surface area contributed by atoms with E-state index in [-0.39, 0.29) is 5.57 Å². The largest absolute Gasteiger partial charge is 0.496 e. The molecular weight excluding hydrogens is 352 g/mol. The molecule has 0 aliphatic heterocycles. The standard InChI is InChI=1S/C24H22O4/c1-27-21-14-8-6-12-18(21)20(16-17-10-4-3-5-11-17)23(24(25)26)19-13-7-9-15-22(19)28-2/h3-15H,16H2,1-2H3,(H,25,26). The third kappa shape index (κ3) is 4.07. The van der Waals surface area contributed by atoms with Gasteiger partial charge in [-0.05, 0) is 29.7 Å². The smallest absolute Gasteiger partial charge is 0.336 e. The molecule has 0 amide bonds. The van der Waals surface area contributed by atoms with E-state index in [1.165, 1.54) is 7.11 Å². The molecule has 0 atom stereocenters. The van der Waals surface area contributed by atoms with Gasteiger partial charge in [-0.1, -0.05) is 66.7 Å². The van der Waals surface area contributed by atoms with Crippen LogP contribution in [0.3, 0.4) is 0 Å². The van der Waals surface area contributed by atoms with Crippen LogP contribution in [0.15, 0.2) is 78.9 Å². The van der Waals surface area contributed by atoms with Crippen molar-refractivity contribution in [3.05, 3.63) is 95.6 Å². The van der Waals surface area contributed by atoms with Gasteiger partial charge in [-0.25, -0.2) is 4.79 Å². The van der Waals surface area contributed by atoms with Gasteiger partial charge in [-0.15, -0.1) is 0 Å². The van der Waals surface area contributed by atoms with E-state index < -0.39 is 5.97 Å². The predicted octanol–water partition coefficient (Wildman–Crippen LogP) is 4.94. The SMILES string of the molecule is COc1ccccc1C(Cc1ccccc1)=C(C(=O)O)c1ccccc1OC. The Morgan fingerprint density at radius 1 is 0.750 bits per heavy atom. The van der Waals surface area contributed by atoms with Gasteiger partial charge in [0.25, 0.3) is 0 Å². The summed E-state index contributed by atoms with van der Waals surface area (Å²) >= 11 is 0. The Kier molecular flexibility index (Phi) is 6.12. The topological polar surface area (TPSA) is 55.8 Å². The van der Waals surface area contributed by atoms with Crippen molar-refractivity contribution in [1.29, 1.82) is 0 Å². The highest BCUT2D eigenvalue weighted by Crippen LogP contribution is 2.37.